The molecule has 8 heteroatoms. The highest BCUT2D eigenvalue weighted by atomic mass is 19.4. The molecule has 5 nitrogen and oxygen atoms in total. The van der Waals surface area contributed by atoms with Crippen molar-refractivity contribution in [1.29, 1.82) is 0 Å². The molecule has 28 heavy (non-hydrogen) atoms. The van der Waals surface area contributed by atoms with Crippen LogP contribution in [0.3, 0.4) is 0 Å². The molecule has 2 N–H and O–H groups in total. The van der Waals surface area contributed by atoms with E-state index in [0.717, 1.165) is 6.42 Å². The first-order chi connectivity index (χ1) is 13.2. The largest absolute Gasteiger partial charge is 0.573 e. The van der Waals surface area contributed by atoms with Gasteiger partial charge in [0.05, 0.1) is 18.1 Å². The van der Waals surface area contributed by atoms with Gasteiger partial charge in [0, 0.05) is 18.7 Å². The van der Waals surface area contributed by atoms with Gasteiger partial charge in [0.15, 0.2) is 0 Å². The highest BCUT2D eigenvalue weighted by Gasteiger charge is 2.40. The lowest BCUT2D eigenvalue weighted by atomic mass is 9.77. The van der Waals surface area contributed by atoms with Crippen molar-refractivity contribution < 1.29 is 32.9 Å². The van der Waals surface area contributed by atoms with E-state index in [0.29, 0.717) is 57.2 Å². The van der Waals surface area contributed by atoms with E-state index in [9.17, 15) is 28.2 Å². The first-order valence-electron chi connectivity index (χ1n) is 9.74. The van der Waals surface area contributed by atoms with Crippen LogP contribution < -0.4 is 4.74 Å². The normalized spacial score (nSPS) is 20.8. The Kier molecular flexibility index (Phi) is 6.19. The van der Waals surface area contributed by atoms with Crippen LogP contribution in [0.25, 0.3) is 0 Å². The summed E-state index contributed by atoms with van der Waals surface area (Å²) in [5.74, 6) is -0.659. The SMILES string of the molecule is O=C(Cc1cccc(OC(F)(F)F)c1C1(O)CCCCC1)N1CCC(O)CC1. The predicted molar refractivity (Wildman–Crippen MR) is 95.6 cm³/mol. The Morgan fingerprint density at radius 1 is 1.18 bits per heavy atom. The van der Waals surface area contributed by atoms with E-state index < -0.39 is 23.8 Å². The van der Waals surface area contributed by atoms with Crippen molar-refractivity contribution >= 4 is 5.91 Å². The van der Waals surface area contributed by atoms with Crippen molar-refractivity contribution in [2.24, 2.45) is 0 Å². The predicted octanol–water partition coefficient (Wildman–Crippen LogP) is 3.26. The topological polar surface area (TPSA) is 70.0 Å². The lowest BCUT2D eigenvalue weighted by Gasteiger charge is -2.36. The fourth-order valence-corrected chi connectivity index (χ4v) is 4.24. The van der Waals surface area contributed by atoms with E-state index in [4.69, 9.17) is 0 Å². The molecule has 0 aromatic heterocycles. The zero-order valence-electron chi connectivity index (χ0n) is 15.7. The molecule has 0 spiro atoms. The van der Waals surface area contributed by atoms with Gasteiger partial charge in [-0.3, -0.25) is 4.79 Å². The van der Waals surface area contributed by atoms with Crippen LogP contribution in [-0.4, -0.2) is 46.6 Å². The second-order valence-electron chi connectivity index (χ2n) is 7.72. The first kappa shape index (κ1) is 20.9. The number of aliphatic hydroxyl groups excluding tert-OH is 1. The van der Waals surface area contributed by atoms with Gasteiger partial charge in [0.25, 0.3) is 0 Å². The maximum atomic E-state index is 12.9. The molecule has 156 valence electrons. The van der Waals surface area contributed by atoms with Crippen LogP contribution in [-0.2, 0) is 16.8 Å². The van der Waals surface area contributed by atoms with Gasteiger partial charge in [-0.15, -0.1) is 13.2 Å². The van der Waals surface area contributed by atoms with E-state index in [1.165, 1.54) is 12.1 Å². The van der Waals surface area contributed by atoms with Gasteiger partial charge < -0.3 is 19.8 Å². The van der Waals surface area contributed by atoms with Gasteiger partial charge in [-0.1, -0.05) is 31.4 Å². The molecule has 0 unspecified atom stereocenters. The molecular weight excluding hydrogens is 375 g/mol. The number of hydrogen-bond donors (Lipinski definition) is 2. The number of alkyl halides is 3. The average molecular weight is 401 g/mol. The molecule has 1 heterocycles. The van der Waals surface area contributed by atoms with Crippen molar-refractivity contribution in [3.05, 3.63) is 29.3 Å². The number of ether oxygens (including phenoxy) is 1. The van der Waals surface area contributed by atoms with E-state index >= 15 is 0 Å². The van der Waals surface area contributed by atoms with Crippen molar-refractivity contribution in [2.45, 2.75) is 69.4 Å². The number of piperidine rings is 1. The van der Waals surface area contributed by atoms with Gasteiger partial charge >= 0.3 is 6.36 Å². The van der Waals surface area contributed by atoms with Crippen LogP contribution >= 0.6 is 0 Å². The minimum atomic E-state index is -4.88. The smallest absolute Gasteiger partial charge is 0.405 e. The lowest BCUT2D eigenvalue weighted by molar-refractivity contribution is -0.275. The molecule has 1 saturated carbocycles. The van der Waals surface area contributed by atoms with Gasteiger partial charge in [0.2, 0.25) is 5.91 Å². The summed E-state index contributed by atoms with van der Waals surface area (Å²) in [7, 11) is 0. The average Bonchev–Trinajstić information content (AvgIpc) is 2.61. The number of hydrogen-bond acceptors (Lipinski definition) is 4. The Bertz CT molecular complexity index is 693. The zero-order chi connectivity index (χ0) is 20.4. The minimum Gasteiger partial charge on any atom is -0.405 e. The van der Waals surface area contributed by atoms with Gasteiger partial charge in [0.1, 0.15) is 5.75 Å². The van der Waals surface area contributed by atoms with Crippen LogP contribution in [0.4, 0.5) is 13.2 Å². The van der Waals surface area contributed by atoms with Gasteiger partial charge in [-0.25, -0.2) is 0 Å². The van der Waals surface area contributed by atoms with E-state index in [1.54, 1.807) is 11.0 Å². The molecular formula is C20H26F3NO4. The Morgan fingerprint density at radius 3 is 2.43 bits per heavy atom. The fourth-order valence-electron chi connectivity index (χ4n) is 4.24. The van der Waals surface area contributed by atoms with Gasteiger partial charge in [-0.05, 0) is 37.3 Å². The Labute approximate surface area is 162 Å². The van der Waals surface area contributed by atoms with E-state index in [1.807, 2.05) is 0 Å². The number of halogens is 3. The summed E-state index contributed by atoms with van der Waals surface area (Å²) in [5, 5.41) is 20.8. The van der Waals surface area contributed by atoms with Crippen LogP contribution in [0.5, 0.6) is 5.75 Å². The summed E-state index contributed by atoms with van der Waals surface area (Å²) < 4.78 is 43.0. The number of carbonyl (C=O) groups excluding carboxylic acids is 1. The molecule has 1 aromatic carbocycles. The van der Waals surface area contributed by atoms with Crippen LogP contribution in [0, 0.1) is 0 Å². The molecule has 1 aliphatic heterocycles. The molecule has 2 aliphatic rings. The lowest BCUT2D eigenvalue weighted by Crippen LogP contribution is -2.41. The molecule has 1 saturated heterocycles. The molecule has 0 bridgehead atoms. The second kappa shape index (κ2) is 8.29. The number of rotatable bonds is 4. The third-order valence-corrected chi connectivity index (χ3v) is 5.64. The molecule has 3 rings (SSSR count). The Balaban J connectivity index is 1.91. The maximum Gasteiger partial charge on any atom is 0.573 e. The van der Waals surface area contributed by atoms with Crippen LogP contribution in [0.2, 0.25) is 0 Å². The fraction of sp³-hybridized carbons (Fsp3) is 0.650. The van der Waals surface area contributed by atoms with Crippen LogP contribution in [0.15, 0.2) is 18.2 Å². The Morgan fingerprint density at radius 2 is 1.82 bits per heavy atom. The monoisotopic (exact) mass is 401 g/mol. The van der Waals surface area contributed by atoms with Crippen molar-refractivity contribution in [1.82, 2.24) is 4.90 Å². The highest BCUT2D eigenvalue weighted by molar-refractivity contribution is 5.79. The minimum absolute atomic E-state index is 0.0809. The van der Waals surface area contributed by atoms with Crippen molar-refractivity contribution in [2.75, 3.05) is 13.1 Å². The van der Waals surface area contributed by atoms with Crippen LogP contribution in [0.1, 0.15) is 56.1 Å². The van der Waals surface area contributed by atoms with E-state index in [-0.39, 0.29) is 17.9 Å². The molecule has 0 atom stereocenters. The maximum absolute atomic E-state index is 12.9. The molecule has 2 fully saturated rings. The summed E-state index contributed by atoms with van der Waals surface area (Å²) in [5.41, 5.74) is -0.993. The second-order valence-corrected chi connectivity index (χ2v) is 7.72. The summed E-state index contributed by atoms with van der Waals surface area (Å²) in [6.45, 7) is 0.830. The number of aliphatic hydroxyl groups is 2. The molecule has 0 radical (unpaired) electrons. The third-order valence-electron chi connectivity index (χ3n) is 5.64. The number of likely N-dealkylation sites (tertiary alicyclic amines) is 1. The summed E-state index contributed by atoms with van der Waals surface area (Å²) >= 11 is 0. The Hall–Kier alpha value is -1.80. The highest BCUT2D eigenvalue weighted by Crippen LogP contribution is 2.44. The van der Waals surface area contributed by atoms with E-state index in [2.05, 4.69) is 4.74 Å². The molecule has 1 aliphatic carbocycles. The quantitative estimate of drug-likeness (QED) is 0.813. The van der Waals surface area contributed by atoms with Crippen molar-refractivity contribution in [3.63, 3.8) is 0 Å². The number of amides is 1. The summed E-state index contributed by atoms with van der Waals surface area (Å²) in [4.78, 5) is 14.3. The zero-order valence-corrected chi connectivity index (χ0v) is 15.7. The molecule has 1 amide bonds. The number of nitrogens with zero attached hydrogens (tertiary/aromatic N) is 1. The van der Waals surface area contributed by atoms with Gasteiger partial charge in [-0.2, -0.15) is 0 Å². The van der Waals surface area contributed by atoms with Crippen molar-refractivity contribution in [3.8, 4) is 5.75 Å². The third kappa shape index (κ3) is 4.97. The number of benzene rings is 1. The summed E-state index contributed by atoms with van der Waals surface area (Å²) in [6, 6.07) is 4.20. The standard InChI is InChI=1S/C20H26F3NO4/c21-20(22,23)28-16-6-4-5-14(18(16)19(27)9-2-1-3-10-19)13-17(26)24-11-7-15(25)8-12-24/h4-6,15,25,27H,1-3,7-13H2. The number of carbonyl (C=O) groups is 1. The summed E-state index contributed by atoms with van der Waals surface area (Å²) in [6.07, 6.45) is -1.46. The molecule has 1 aromatic rings. The first-order valence-corrected chi connectivity index (χ1v) is 9.74.